The Morgan fingerprint density at radius 3 is 2.34 bits per heavy atom. The number of amides is 1. The second-order valence-electron chi connectivity index (χ2n) is 6.55. The molecule has 29 heavy (non-hydrogen) atoms. The summed E-state index contributed by atoms with van der Waals surface area (Å²) in [5.74, 6) is 0.239. The first kappa shape index (κ1) is 22.2. The van der Waals surface area contributed by atoms with Gasteiger partial charge in [0.1, 0.15) is 11.8 Å². The molecule has 0 aliphatic heterocycles. The fourth-order valence-corrected chi connectivity index (χ4v) is 4.11. The number of ether oxygens (including phenoxy) is 1. The number of carbonyl (C=O) groups excluding carboxylic acids is 1. The number of nitrogens with zero attached hydrogens (tertiary/aromatic N) is 3. The van der Waals surface area contributed by atoms with E-state index in [0.717, 1.165) is 22.2 Å². The molecule has 10 heteroatoms. The van der Waals surface area contributed by atoms with Gasteiger partial charge in [0, 0.05) is 25.7 Å². The van der Waals surface area contributed by atoms with Crippen molar-refractivity contribution in [2.24, 2.45) is 0 Å². The summed E-state index contributed by atoms with van der Waals surface area (Å²) in [7, 11) is -0.751. The molecule has 0 unspecified atom stereocenters. The molecule has 0 spiro atoms. The van der Waals surface area contributed by atoms with Gasteiger partial charge in [-0.2, -0.15) is 0 Å². The van der Waals surface area contributed by atoms with Crippen molar-refractivity contribution in [2.75, 3.05) is 24.7 Å². The number of benzene rings is 2. The highest BCUT2D eigenvalue weighted by Gasteiger charge is 2.31. The fraction of sp³-hybridized carbons (Fsp3) is 0.316. The number of hydrogen-bond acceptors (Lipinski definition) is 6. The van der Waals surface area contributed by atoms with Gasteiger partial charge in [-0.15, -0.1) is 0 Å². The highest BCUT2D eigenvalue weighted by molar-refractivity contribution is 7.92. The molecule has 0 bridgehead atoms. The molecule has 9 nitrogen and oxygen atoms in total. The summed E-state index contributed by atoms with van der Waals surface area (Å²) in [5, 5.41) is 11.0. The Morgan fingerprint density at radius 1 is 1.21 bits per heavy atom. The van der Waals surface area contributed by atoms with Crippen molar-refractivity contribution in [1.82, 2.24) is 4.90 Å². The van der Waals surface area contributed by atoms with Crippen molar-refractivity contribution in [3.63, 3.8) is 0 Å². The minimum absolute atomic E-state index is 0.0559. The molecule has 0 N–H and O–H groups in total. The Morgan fingerprint density at radius 2 is 1.83 bits per heavy atom. The summed E-state index contributed by atoms with van der Waals surface area (Å²) >= 11 is 0. The van der Waals surface area contributed by atoms with E-state index in [-0.39, 0.29) is 17.9 Å². The molecule has 156 valence electrons. The van der Waals surface area contributed by atoms with E-state index in [9.17, 15) is 23.3 Å². The molecule has 0 heterocycles. The zero-order valence-corrected chi connectivity index (χ0v) is 17.4. The SMILES string of the molecule is COc1ccc(CN(C)C(=O)[C@@H](C)N(c2cccc([N+](=O)[O-])c2)S(C)(=O)=O)cc1. The monoisotopic (exact) mass is 421 g/mol. The zero-order chi connectivity index (χ0) is 21.8. The molecular weight excluding hydrogens is 398 g/mol. The molecule has 0 saturated carbocycles. The van der Waals surface area contributed by atoms with Gasteiger partial charge in [0.15, 0.2) is 0 Å². The topological polar surface area (TPSA) is 110 Å². The van der Waals surface area contributed by atoms with Gasteiger partial charge in [0.25, 0.3) is 5.69 Å². The standard InChI is InChI=1S/C19H23N3O6S/c1-14(19(23)20(2)13-15-8-10-18(28-3)11-9-15)21(29(4,26)27)16-6-5-7-17(12-16)22(24)25/h5-12,14H,13H2,1-4H3/t14-/m1/s1. The van der Waals surface area contributed by atoms with Gasteiger partial charge in [-0.1, -0.05) is 18.2 Å². The van der Waals surface area contributed by atoms with Crippen LogP contribution in [-0.2, 0) is 21.4 Å². The molecule has 0 fully saturated rings. The minimum atomic E-state index is -3.87. The lowest BCUT2D eigenvalue weighted by Gasteiger charge is -2.31. The van der Waals surface area contributed by atoms with Crippen LogP contribution in [0.25, 0.3) is 0 Å². The smallest absolute Gasteiger partial charge is 0.271 e. The minimum Gasteiger partial charge on any atom is -0.497 e. The van der Waals surface area contributed by atoms with Crippen LogP contribution < -0.4 is 9.04 Å². The average Bonchev–Trinajstić information content (AvgIpc) is 2.67. The number of sulfonamides is 1. The van der Waals surface area contributed by atoms with Crippen molar-refractivity contribution in [3.05, 3.63) is 64.2 Å². The van der Waals surface area contributed by atoms with Gasteiger partial charge in [-0.05, 0) is 30.7 Å². The zero-order valence-electron chi connectivity index (χ0n) is 16.6. The van der Waals surface area contributed by atoms with Crippen LogP contribution >= 0.6 is 0 Å². The van der Waals surface area contributed by atoms with Gasteiger partial charge >= 0.3 is 0 Å². The first-order valence-electron chi connectivity index (χ1n) is 8.66. The molecular formula is C19H23N3O6S. The number of likely N-dealkylation sites (N-methyl/N-ethyl adjacent to an activating group) is 1. The quantitative estimate of drug-likeness (QED) is 0.478. The van der Waals surface area contributed by atoms with Gasteiger partial charge < -0.3 is 9.64 Å². The Kier molecular flexibility index (Phi) is 6.80. The molecule has 0 saturated heterocycles. The van der Waals surface area contributed by atoms with Crippen molar-refractivity contribution >= 4 is 27.3 Å². The number of nitro benzene ring substituents is 1. The lowest BCUT2D eigenvalue weighted by atomic mass is 10.2. The summed E-state index contributed by atoms with van der Waals surface area (Å²) in [5.41, 5.74) is 0.637. The number of hydrogen-bond donors (Lipinski definition) is 0. The first-order valence-corrected chi connectivity index (χ1v) is 10.5. The Hall–Kier alpha value is -3.14. The Bertz CT molecular complexity index is 991. The van der Waals surface area contributed by atoms with Crippen LogP contribution in [0.5, 0.6) is 5.75 Å². The number of methoxy groups -OCH3 is 1. The number of non-ortho nitro benzene ring substituents is 1. The van der Waals surface area contributed by atoms with Crippen LogP contribution in [0.3, 0.4) is 0 Å². The Balaban J connectivity index is 2.28. The second kappa shape index (κ2) is 8.91. The van der Waals surface area contributed by atoms with E-state index >= 15 is 0 Å². The van der Waals surface area contributed by atoms with Gasteiger partial charge in [-0.3, -0.25) is 19.2 Å². The van der Waals surface area contributed by atoms with Crippen LogP contribution in [0.4, 0.5) is 11.4 Å². The molecule has 0 radical (unpaired) electrons. The maximum Gasteiger partial charge on any atom is 0.271 e. The Labute approximate surface area is 169 Å². The molecule has 0 aliphatic carbocycles. The highest BCUT2D eigenvalue weighted by Crippen LogP contribution is 2.26. The average molecular weight is 421 g/mol. The van der Waals surface area contributed by atoms with E-state index in [0.29, 0.717) is 5.75 Å². The summed E-state index contributed by atoms with van der Waals surface area (Å²) in [6.07, 6.45) is 0.957. The van der Waals surface area contributed by atoms with E-state index in [4.69, 9.17) is 4.74 Å². The molecule has 2 aromatic carbocycles. The van der Waals surface area contributed by atoms with Crippen molar-refractivity contribution < 1.29 is 22.9 Å². The van der Waals surface area contributed by atoms with E-state index in [2.05, 4.69) is 0 Å². The van der Waals surface area contributed by atoms with E-state index < -0.39 is 26.9 Å². The van der Waals surface area contributed by atoms with Crippen molar-refractivity contribution in [3.8, 4) is 5.75 Å². The summed E-state index contributed by atoms with van der Waals surface area (Å²) in [6.45, 7) is 1.71. The number of nitro groups is 1. The molecule has 2 aromatic rings. The molecule has 1 amide bonds. The van der Waals surface area contributed by atoms with E-state index in [1.54, 1.807) is 26.3 Å². The van der Waals surface area contributed by atoms with Gasteiger partial charge in [-0.25, -0.2) is 8.42 Å². The number of anilines is 1. The molecule has 2 rings (SSSR count). The van der Waals surface area contributed by atoms with Crippen LogP contribution in [0.2, 0.25) is 0 Å². The van der Waals surface area contributed by atoms with Crippen molar-refractivity contribution in [1.29, 1.82) is 0 Å². The molecule has 0 aliphatic rings. The van der Waals surface area contributed by atoms with E-state index in [1.807, 2.05) is 12.1 Å². The number of carbonyl (C=O) groups is 1. The maximum absolute atomic E-state index is 12.9. The van der Waals surface area contributed by atoms with E-state index in [1.165, 1.54) is 30.0 Å². The highest BCUT2D eigenvalue weighted by atomic mass is 32.2. The molecule has 0 aromatic heterocycles. The first-order chi connectivity index (χ1) is 13.5. The largest absolute Gasteiger partial charge is 0.497 e. The van der Waals surface area contributed by atoms with Crippen molar-refractivity contribution in [2.45, 2.75) is 19.5 Å². The van der Waals surface area contributed by atoms with Crippen LogP contribution in [0.1, 0.15) is 12.5 Å². The predicted octanol–water partition coefficient (Wildman–Crippen LogP) is 2.42. The maximum atomic E-state index is 12.9. The summed E-state index contributed by atoms with van der Waals surface area (Å²) < 4.78 is 30.8. The van der Waals surface area contributed by atoms with Crippen LogP contribution in [0, 0.1) is 10.1 Å². The predicted molar refractivity (Wildman–Crippen MR) is 109 cm³/mol. The van der Waals surface area contributed by atoms with Gasteiger partial charge in [0.05, 0.1) is 24.0 Å². The summed E-state index contributed by atoms with van der Waals surface area (Å²) in [4.78, 5) is 24.7. The van der Waals surface area contributed by atoms with Crippen LogP contribution in [-0.4, -0.2) is 50.6 Å². The lowest BCUT2D eigenvalue weighted by Crippen LogP contribution is -2.48. The third kappa shape index (κ3) is 5.44. The second-order valence-corrected chi connectivity index (χ2v) is 8.41. The lowest BCUT2D eigenvalue weighted by molar-refractivity contribution is -0.384. The van der Waals surface area contributed by atoms with Crippen LogP contribution in [0.15, 0.2) is 48.5 Å². The third-order valence-electron chi connectivity index (χ3n) is 4.32. The third-order valence-corrected chi connectivity index (χ3v) is 5.56. The normalized spacial score (nSPS) is 12.1. The fourth-order valence-electron chi connectivity index (χ4n) is 2.95. The number of rotatable bonds is 8. The van der Waals surface area contributed by atoms with Gasteiger partial charge in [0.2, 0.25) is 15.9 Å². The summed E-state index contributed by atoms with van der Waals surface area (Å²) in [6, 6.07) is 11.2. The molecule has 1 atom stereocenters.